The monoisotopic (exact) mass is 274 g/mol. The molecular formula is C12H18O2Se. The molecule has 0 heterocycles. The van der Waals surface area contributed by atoms with Crippen LogP contribution < -0.4 is 4.46 Å². The number of rotatable bonds is 7. The molecule has 0 spiro atoms. The number of ether oxygens (including phenoxy) is 2. The van der Waals surface area contributed by atoms with E-state index in [2.05, 4.69) is 24.3 Å². The van der Waals surface area contributed by atoms with E-state index in [-0.39, 0.29) is 6.29 Å². The molecule has 0 fully saturated rings. The van der Waals surface area contributed by atoms with Crippen molar-refractivity contribution < 1.29 is 9.47 Å². The molecule has 0 saturated carbocycles. The van der Waals surface area contributed by atoms with Gasteiger partial charge in [0.25, 0.3) is 0 Å². The molecule has 1 aromatic carbocycles. The second-order valence-electron chi connectivity index (χ2n) is 2.96. The predicted octanol–water partition coefficient (Wildman–Crippen LogP) is 1.83. The van der Waals surface area contributed by atoms with Gasteiger partial charge in [-0.2, -0.15) is 0 Å². The Labute approximate surface area is 98.1 Å². The summed E-state index contributed by atoms with van der Waals surface area (Å²) in [5.74, 6) is 0. The Balaban J connectivity index is 2.33. The van der Waals surface area contributed by atoms with Gasteiger partial charge in [0.2, 0.25) is 0 Å². The number of hydrogen-bond donors (Lipinski definition) is 0. The van der Waals surface area contributed by atoms with Crippen LogP contribution in [-0.2, 0) is 9.47 Å². The SMILES string of the molecule is CCOC(C[Se]c1ccccc1)OCC. The molecule has 84 valence electrons. The van der Waals surface area contributed by atoms with Crippen LogP contribution in [0.2, 0.25) is 5.32 Å². The van der Waals surface area contributed by atoms with Gasteiger partial charge in [-0.1, -0.05) is 0 Å². The summed E-state index contributed by atoms with van der Waals surface area (Å²) in [5, 5.41) is 0.985. The maximum absolute atomic E-state index is 5.50. The van der Waals surface area contributed by atoms with E-state index in [0.717, 1.165) is 18.5 Å². The maximum atomic E-state index is 5.50. The second kappa shape index (κ2) is 7.89. The Bertz CT molecular complexity index is 245. The summed E-state index contributed by atoms with van der Waals surface area (Å²) >= 11 is 0.441. The van der Waals surface area contributed by atoms with Gasteiger partial charge < -0.3 is 0 Å². The first-order valence-corrected chi connectivity index (χ1v) is 7.34. The predicted molar refractivity (Wildman–Crippen MR) is 63.7 cm³/mol. The van der Waals surface area contributed by atoms with E-state index in [1.54, 1.807) is 0 Å². The molecule has 0 aromatic heterocycles. The van der Waals surface area contributed by atoms with Crippen LogP contribution in [0.4, 0.5) is 0 Å². The summed E-state index contributed by atoms with van der Waals surface area (Å²) in [6.07, 6.45) is -0.0276. The molecule has 0 unspecified atom stereocenters. The van der Waals surface area contributed by atoms with Gasteiger partial charge in [-0.05, 0) is 0 Å². The van der Waals surface area contributed by atoms with Crippen molar-refractivity contribution in [3.8, 4) is 0 Å². The van der Waals surface area contributed by atoms with E-state index in [1.807, 2.05) is 19.9 Å². The first-order valence-electron chi connectivity index (χ1n) is 5.27. The van der Waals surface area contributed by atoms with Gasteiger partial charge in [0.05, 0.1) is 0 Å². The Hall–Kier alpha value is -0.341. The van der Waals surface area contributed by atoms with Crippen molar-refractivity contribution in [1.82, 2.24) is 0 Å². The van der Waals surface area contributed by atoms with Gasteiger partial charge >= 0.3 is 97.9 Å². The molecule has 0 N–H and O–H groups in total. The second-order valence-corrected chi connectivity index (χ2v) is 5.26. The third-order valence-corrected chi connectivity index (χ3v) is 4.03. The van der Waals surface area contributed by atoms with E-state index >= 15 is 0 Å². The third-order valence-electron chi connectivity index (χ3n) is 1.83. The molecule has 15 heavy (non-hydrogen) atoms. The fourth-order valence-electron chi connectivity index (χ4n) is 1.20. The van der Waals surface area contributed by atoms with Crippen LogP contribution in [-0.4, -0.2) is 34.5 Å². The Morgan fingerprint density at radius 1 is 1.07 bits per heavy atom. The zero-order valence-electron chi connectivity index (χ0n) is 9.31. The van der Waals surface area contributed by atoms with Crippen molar-refractivity contribution in [1.29, 1.82) is 0 Å². The fraction of sp³-hybridized carbons (Fsp3) is 0.500. The summed E-state index contributed by atoms with van der Waals surface area (Å²) < 4.78 is 12.4. The summed E-state index contributed by atoms with van der Waals surface area (Å²) in [5.41, 5.74) is 0. The quantitative estimate of drug-likeness (QED) is 0.557. The van der Waals surface area contributed by atoms with Crippen LogP contribution in [0.25, 0.3) is 0 Å². The van der Waals surface area contributed by atoms with E-state index in [9.17, 15) is 0 Å². The molecular weight excluding hydrogens is 255 g/mol. The number of benzene rings is 1. The van der Waals surface area contributed by atoms with E-state index in [1.165, 1.54) is 4.46 Å². The van der Waals surface area contributed by atoms with Crippen LogP contribution in [0.5, 0.6) is 0 Å². The molecule has 1 aromatic rings. The molecule has 2 nitrogen and oxygen atoms in total. The summed E-state index contributed by atoms with van der Waals surface area (Å²) in [4.78, 5) is 0. The average molecular weight is 273 g/mol. The van der Waals surface area contributed by atoms with Crippen molar-refractivity contribution >= 4 is 19.4 Å². The molecule has 0 amide bonds. The minimum absolute atomic E-state index is 0.0276. The zero-order chi connectivity index (χ0) is 10.9. The van der Waals surface area contributed by atoms with Gasteiger partial charge in [0.15, 0.2) is 0 Å². The average Bonchev–Trinajstić information content (AvgIpc) is 2.28. The van der Waals surface area contributed by atoms with E-state index < -0.39 is 0 Å². The van der Waals surface area contributed by atoms with Gasteiger partial charge in [0, 0.05) is 0 Å². The zero-order valence-corrected chi connectivity index (χ0v) is 11.0. The van der Waals surface area contributed by atoms with Crippen LogP contribution in [0, 0.1) is 0 Å². The standard InChI is InChI=1S/C12H18O2Se/c1-3-13-12(14-4-2)10-15-11-8-6-5-7-9-11/h5-9,12H,3-4,10H2,1-2H3. The topological polar surface area (TPSA) is 18.5 Å². The molecule has 0 aliphatic heterocycles. The molecule has 0 bridgehead atoms. The van der Waals surface area contributed by atoms with Gasteiger partial charge in [-0.15, -0.1) is 0 Å². The van der Waals surface area contributed by atoms with Crippen LogP contribution in [0.1, 0.15) is 13.8 Å². The van der Waals surface area contributed by atoms with Gasteiger partial charge in [0.1, 0.15) is 0 Å². The Morgan fingerprint density at radius 2 is 1.67 bits per heavy atom. The van der Waals surface area contributed by atoms with E-state index in [4.69, 9.17) is 9.47 Å². The van der Waals surface area contributed by atoms with Crippen molar-refractivity contribution in [3.05, 3.63) is 30.3 Å². The van der Waals surface area contributed by atoms with Crippen molar-refractivity contribution in [2.75, 3.05) is 13.2 Å². The third kappa shape index (κ3) is 5.33. The van der Waals surface area contributed by atoms with E-state index in [0.29, 0.717) is 15.0 Å². The van der Waals surface area contributed by atoms with Gasteiger partial charge in [-0.3, -0.25) is 0 Å². The minimum atomic E-state index is -0.0276. The van der Waals surface area contributed by atoms with Crippen molar-refractivity contribution in [3.63, 3.8) is 0 Å². The Kier molecular flexibility index (Phi) is 6.69. The summed E-state index contributed by atoms with van der Waals surface area (Å²) in [6, 6.07) is 10.5. The normalized spacial score (nSPS) is 10.9. The van der Waals surface area contributed by atoms with Crippen molar-refractivity contribution in [2.24, 2.45) is 0 Å². The summed E-state index contributed by atoms with van der Waals surface area (Å²) in [7, 11) is 0. The number of hydrogen-bond acceptors (Lipinski definition) is 2. The van der Waals surface area contributed by atoms with Crippen molar-refractivity contribution in [2.45, 2.75) is 25.5 Å². The molecule has 0 aliphatic rings. The van der Waals surface area contributed by atoms with Gasteiger partial charge in [-0.25, -0.2) is 0 Å². The molecule has 3 heteroatoms. The Morgan fingerprint density at radius 3 is 2.20 bits per heavy atom. The fourth-order valence-corrected chi connectivity index (χ4v) is 3.02. The van der Waals surface area contributed by atoms with Crippen LogP contribution in [0.15, 0.2) is 30.3 Å². The molecule has 0 aliphatic carbocycles. The summed E-state index contributed by atoms with van der Waals surface area (Å²) in [6.45, 7) is 5.44. The first-order chi connectivity index (χ1) is 7.36. The van der Waals surface area contributed by atoms with Crippen LogP contribution in [0.3, 0.4) is 0 Å². The molecule has 0 radical (unpaired) electrons. The molecule has 0 saturated heterocycles. The first kappa shape index (κ1) is 12.7. The molecule has 1 rings (SSSR count). The molecule has 0 atom stereocenters. The van der Waals surface area contributed by atoms with Crippen LogP contribution >= 0.6 is 0 Å².